The second-order valence-electron chi connectivity index (χ2n) is 9.60. The molecule has 0 bridgehead atoms. The maximum atomic E-state index is 13.8. The Morgan fingerprint density at radius 3 is 2.31 bits per heavy atom. The molecule has 186 valence electrons. The lowest BCUT2D eigenvalue weighted by Gasteiger charge is -2.51. The van der Waals surface area contributed by atoms with Crippen LogP contribution in [-0.4, -0.2) is 56.5 Å². The molecular weight excluding hydrogens is 468 g/mol. The van der Waals surface area contributed by atoms with Gasteiger partial charge in [-0.25, -0.2) is 4.79 Å². The lowest BCUT2D eigenvalue weighted by molar-refractivity contribution is -0.150. The van der Waals surface area contributed by atoms with E-state index in [9.17, 15) is 23.4 Å². The topological polar surface area (TPSA) is 110 Å². The summed E-state index contributed by atoms with van der Waals surface area (Å²) in [6, 6.07) is 7.25. The first-order chi connectivity index (χ1) is 16.6. The van der Waals surface area contributed by atoms with E-state index in [2.05, 4.69) is 12.2 Å². The number of esters is 1. The SMILES string of the molecule is COC(=O)C1=C(C)[C@@H](C(=O)[C@@H]2CC(C)=C(C)C[C@H]2C)S(=O)[C@@H]2[C@H](NC(=O)c3ccccc3)C(=O)N12. The van der Waals surface area contributed by atoms with E-state index in [-0.39, 0.29) is 28.9 Å². The number of allylic oxidation sites excluding steroid dienone is 2. The highest BCUT2D eigenvalue weighted by Gasteiger charge is 2.60. The fraction of sp³-hybridized carbons (Fsp3) is 0.462. The number of fused-ring (bicyclic) bond motifs is 1. The quantitative estimate of drug-likeness (QED) is 0.380. The van der Waals surface area contributed by atoms with Crippen LogP contribution in [0.2, 0.25) is 0 Å². The zero-order valence-electron chi connectivity index (χ0n) is 20.5. The first-order valence-corrected chi connectivity index (χ1v) is 12.9. The molecule has 0 spiro atoms. The summed E-state index contributed by atoms with van der Waals surface area (Å²) in [5.74, 6) is -2.31. The Balaban J connectivity index is 1.69. The molecule has 2 heterocycles. The number of nitrogens with zero attached hydrogens (tertiary/aromatic N) is 1. The molecule has 1 N–H and O–H groups in total. The average Bonchev–Trinajstić information content (AvgIpc) is 2.84. The van der Waals surface area contributed by atoms with E-state index >= 15 is 0 Å². The minimum Gasteiger partial charge on any atom is -0.464 e. The Morgan fingerprint density at radius 1 is 1.06 bits per heavy atom. The predicted molar refractivity (Wildman–Crippen MR) is 130 cm³/mol. The Kier molecular flexibility index (Phi) is 6.81. The van der Waals surface area contributed by atoms with E-state index in [1.54, 1.807) is 37.3 Å². The van der Waals surface area contributed by atoms with Crippen molar-refractivity contribution in [3.05, 3.63) is 58.3 Å². The van der Waals surface area contributed by atoms with Crippen molar-refractivity contribution in [2.45, 2.75) is 57.2 Å². The number of carbonyl (C=O) groups is 4. The van der Waals surface area contributed by atoms with Crippen LogP contribution in [0.3, 0.4) is 0 Å². The Morgan fingerprint density at radius 2 is 1.69 bits per heavy atom. The fourth-order valence-corrected chi connectivity index (χ4v) is 7.29. The summed E-state index contributed by atoms with van der Waals surface area (Å²) in [4.78, 5) is 53.4. The van der Waals surface area contributed by atoms with Gasteiger partial charge in [-0.1, -0.05) is 36.3 Å². The number of hydrogen-bond acceptors (Lipinski definition) is 6. The molecule has 1 saturated heterocycles. The molecule has 0 saturated carbocycles. The highest BCUT2D eigenvalue weighted by molar-refractivity contribution is 7.87. The minimum absolute atomic E-state index is 0.0578. The van der Waals surface area contributed by atoms with Crippen LogP contribution in [0.25, 0.3) is 0 Å². The van der Waals surface area contributed by atoms with Gasteiger partial charge in [-0.15, -0.1) is 0 Å². The summed E-state index contributed by atoms with van der Waals surface area (Å²) in [5, 5.41) is 0.558. The summed E-state index contributed by atoms with van der Waals surface area (Å²) >= 11 is 0. The van der Waals surface area contributed by atoms with Crippen LogP contribution in [0.5, 0.6) is 0 Å². The smallest absolute Gasteiger partial charge is 0.354 e. The van der Waals surface area contributed by atoms with Gasteiger partial charge in [0.05, 0.1) is 17.9 Å². The standard InChI is InChI=1S/C26H30N2O6S/c1-13-11-15(3)18(12-14(13)2)21(29)22-16(4)20(26(32)34-5)28-24(31)19(25(28)35(22)33)27-23(30)17-9-7-6-8-10-17/h6-10,15,18-19,22,25H,11-12H2,1-5H3,(H,27,30)/t15-,18-,19-,22+,25-,35?/m1/s1. The van der Waals surface area contributed by atoms with Gasteiger partial charge in [-0.3, -0.25) is 23.5 Å². The average molecular weight is 499 g/mol. The normalized spacial score (nSPS) is 30.4. The number of β-lactam (4-membered cyclic amide) rings is 1. The second kappa shape index (κ2) is 9.53. The van der Waals surface area contributed by atoms with Gasteiger partial charge in [-0.2, -0.15) is 0 Å². The molecule has 35 heavy (non-hydrogen) atoms. The van der Waals surface area contributed by atoms with Crippen LogP contribution in [-0.2, 0) is 29.9 Å². The molecule has 2 amide bonds. The zero-order valence-corrected chi connectivity index (χ0v) is 21.3. The third-order valence-electron chi connectivity index (χ3n) is 7.42. The first-order valence-electron chi connectivity index (χ1n) is 11.6. The summed E-state index contributed by atoms with van der Waals surface area (Å²) in [5.41, 5.74) is 2.97. The highest BCUT2D eigenvalue weighted by Crippen LogP contribution is 2.42. The van der Waals surface area contributed by atoms with Crippen LogP contribution in [0.4, 0.5) is 0 Å². The zero-order chi connectivity index (χ0) is 25.6. The molecule has 4 rings (SSSR count). The van der Waals surface area contributed by atoms with Gasteiger partial charge in [0.15, 0.2) is 5.78 Å². The maximum Gasteiger partial charge on any atom is 0.354 e. The Hall–Kier alpha value is -3.07. The number of Topliss-reactive ketones (excluding diaryl/α,β-unsaturated/α-hetero) is 1. The number of rotatable bonds is 5. The van der Waals surface area contributed by atoms with E-state index in [0.29, 0.717) is 12.0 Å². The molecule has 2 aliphatic heterocycles. The maximum absolute atomic E-state index is 13.8. The molecule has 1 aliphatic carbocycles. The summed E-state index contributed by atoms with van der Waals surface area (Å²) < 4.78 is 18.7. The lowest BCUT2D eigenvalue weighted by Crippen LogP contribution is -2.75. The van der Waals surface area contributed by atoms with Gasteiger partial charge >= 0.3 is 5.97 Å². The van der Waals surface area contributed by atoms with Crippen LogP contribution < -0.4 is 5.32 Å². The molecule has 1 fully saturated rings. The molecule has 1 unspecified atom stereocenters. The van der Waals surface area contributed by atoms with E-state index in [4.69, 9.17) is 4.74 Å². The summed E-state index contributed by atoms with van der Waals surface area (Å²) in [7, 11) is -0.673. The van der Waals surface area contributed by atoms with E-state index < -0.39 is 45.2 Å². The lowest BCUT2D eigenvalue weighted by atomic mass is 9.74. The number of nitrogens with one attached hydrogen (secondary N) is 1. The van der Waals surface area contributed by atoms with Gasteiger partial charge in [0.2, 0.25) is 0 Å². The van der Waals surface area contributed by atoms with Crippen molar-refractivity contribution in [1.82, 2.24) is 10.2 Å². The van der Waals surface area contributed by atoms with Crippen molar-refractivity contribution in [3.8, 4) is 0 Å². The number of amides is 2. The third kappa shape index (κ3) is 4.16. The molecular formula is C26H30N2O6S. The van der Waals surface area contributed by atoms with Crippen molar-refractivity contribution >= 4 is 34.4 Å². The van der Waals surface area contributed by atoms with Crippen molar-refractivity contribution in [3.63, 3.8) is 0 Å². The van der Waals surface area contributed by atoms with Crippen LogP contribution >= 0.6 is 0 Å². The fourth-order valence-electron chi connectivity index (χ4n) is 5.28. The van der Waals surface area contributed by atoms with Crippen molar-refractivity contribution in [1.29, 1.82) is 0 Å². The molecule has 8 nitrogen and oxygen atoms in total. The van der Waals surface area contributed by atoms with E-state index in [1.807, 2.05) is 13.8 Å². The van der Waals surface area contributed by atoms with Crippen molar-refractivity contribution in [2.75, 3.05) is 7.11 Å². The van der Waals surface area contributed by atoms with Crippen molar-refractivity contribution in [2.24, 2.45) is 11.8 Å². The number of ether oxygens (including phenoxy) is 1. The number of ketones is 1. The molecule has 0 aromatic heterocycles. The van der Waals surface area contributed by atoms with Gasteiger partial charge in [0.1, 0.15) is 22.4 Å². The summed E-state index contributed by atoms with van der Waals surface area (Å²) in [6.07, 6.45) is 1.35. The van der Waals surface area contributed by atoms with Gasteiger partial charge in [0.25, 0.3) is 11.8 Å². The summed E-state index contributed by atoms with van der Waals surface area (Å²) in [6.45, 7) is 7.63. The molecule has 3 aliphatic rings. The van der Waals surface area contributed by atoms with Gasteiger partial charge in [0, 0.05) is 11.5 Å². The first kappa shape index (κ1) is 25.0. The number of methoxy groups -OCH3 is 1. The Bertz CT molecular complexity index is 1190. The van der Waals surface area contributed by atoms with Gasteiger partial charge < -0.3 is 10.1 Å². The largest absolute Gasteiger partial charge is 0.464 e. The molecule has 6 atom stereocenters. The second-order valence-corrected chi connectivity index (χ2v) is 11.2. The van der Waals surface area contributed by atoms with Crippen molar-refractivity contribution < 1.29 is 28.1 Å². The number of hydrogen-bond donors (Lipinski definition) is 1. The van der Waals surface area contributed by atoms with E-state index in [1.165, 1.54) is 12.7 Å². The van der Waals surface area contributed by atoms with E-state index in [0.717, 1.165) is 16.9 Å². The predicted octanol–water partition coefficient (Wildman–Crippen LogP) is 2.48. The number of carbonyl (C=O) groups excluding carboxylic acids is 4. The van der Waals surface area contributed by atoms with Crippen LogP contribution in [0.15, 0.2) is 52.7 Å². The number of benzene rings is 1. The van der Waals surface area contributed by atoms with Crippen LogP contribution in [0.1, 0.15) is 50.9 Å². The van der Waals surface area contributed by atoms with Gasteiger partial charge in [-0.05, 0) is 57.2 Å². The molecule has 1 aromatic carbocycles. The minimum atomic E-state index is -1.87. The monoisotopic (exact) mass is 498 g/mol. The molecule has 0 radical (unpaired) electrons. The Labute approximate surface area is 207 Å². The highest BCUT2D eigenvalue weighted by atomic mass is 32.2. The third-order valence-corrected chi connectivity index (χ3v) is 9.43. The molecule has 1 aromatic rings. The van der Waals surface area contributed by atoms with Crippen LogP contribution in [0, 0.1) is 11.8 Å². The molecule has 9 heteroatoms.